The quantitative estimate of drug-likeness (QED) is 0.845. The highest BCUT2D eigenvalue weighted by Gasteiger charge is 2.13. The molecule has 0 bridgehead atoms. The van der Waals surface area contributed by atoms with Gasteiger partial charge >= 0.3 is 0 Å². The number of rotatable bonds is 5. The fraction of sp³-hybridized carbons (Fsp3) is 0.400. The van der Waals surface area contributed by atoms with E-state index in [1.54, 1.807) is 6.92 Å². The number of nitrogens with zero attached hydrogens (tertiary/aromatic N) is 4. The summed E-state index contributed by atoms with van der Waals surface area (Å²) in [5, 5.41) is 12.1. The molecule has 8 heteroatoms. The van der Waals surface area contributed by atoms with Gasteiger partial charge in [-0.1, -0.05) is 6.92 Å². The largest absolute Gasteiger partial charge is 0.416 e. The lowest BCUT2D eigenvalue weighted by Crippen LogP contribution is -2.03. The molecular weight excluding hydrogens is 318 g/mol. The van der Waals surface area contributed by atoms with E-state index in [2.05, 4.69) is 48.3 Å². The average molecular weight is 330 g/mol. The Labute approximate surface area is 117 Å². The number of hydrogen-bond donors (Lipinski definition) is 1. The topological polar surface area (TPSA) is 76.7 Å². The van der Waals surface area contributed by atoms with Gasteiger partial charge in [0.05, 0.1) is 4.47 Å². The number of halogens is 1. The monoisotopic (exact) mass is 329 g/mol. The Bertz CT molecular complexity index is 533. The van der Waals surface area contributed by atoms with Crippen LogP contribution >= 0.6 is 27.7 Å². The van der Waals surface area contributed by atoms with Crippen LogP contribution in [0.25, 0.3) is 0 Å². The molecule has 18 heavy (non-hydrogen) atoms. The predicted octanol–water partition coefficient (Wildman–Crippen LogP) is 2.90. The predicted molar refractivity (Wildman–Crippen MR) is 71.7 cm³/mol. The maximum Gasteiger partial charge on any atom is 0.282 e. The molecule has 0 atom stereocenters. The lowest BCUT2D eigenvalue weighted by atomic mass is 10.4. The molecule has 2 heterocycles. The normalized spacial score (nSPS) is 10.6. The van der Waals surface area contributed by atoms with E-state index < -0.39 is 0 Å². The zero-order valence-electron chi connectivity index (χ0n) is 9.97. The Morgan fingerprint density at radius 3 is 2.89 bits per heavy atom. The van der Waals surface area contributed by atoms with E-state index in [1.807, 2.05) is 0 Å². The van der Waals surface area contributed by atoms with Gasteiger partial charge in [-0.15, -0.1) is 10.2 Å². The molecule has 6 nitrogen and oxygen atoms in total. The van der Waals surface area contributed by atoms with Gasteiger partial charge in [-0.25, -0.2) is 9.97 Å². The number of nitrogens with one attached hydrogen (secondary N) is 1. The van der Waals surface area contributed by atoms with E-state index in [4.69, 9.17) is 4.42 Å². The third-order valence-electron chi connectivity index (χ3n) is 1.99. The van der Waals surface area contributed by atoms with Gasteiger partial charge in [-0.05, 0) is 34.1 Å². The van der Waals surface area contributed by atoms with Crippen LogP contribution in [0, 0.1) is 6.92 Å². The minimum atomic E-state index is 0.466. The summed E-state index contributed by atoms with van der Waals surface area (Å²) >= 11 is 4.78. The van der Waals surface area contributed by atoms with E-state index in [0.717, 1.165) is 28.3 Å². The summed E-state index contributed by atoms with van der Waals surface area (Å²) in [5.41, 5.74) is 0. The van der Waals surface area contributed by atoms with Crippen molar-refractivity contribution < 1.29 is 4.42 Å². The lowest BCUT2D eigenvalue weighted by Gasteiger charge is -2.07. The summed E-state index contributed by atoms with van der Waals surface area (Å²) in [6.45, 7) is 4.71. The van der Waals surface area contributed by atoms with E-state index in [-0.39, 0.29) is 0 Å². The lowest BCUT2D eigenvalue weighted by molar-refractivity contribution is 0.429. The van der Waals surface area contributed by atoms with Crippen LogP contribution < -0.4 is 5.32 Å². The third kappa shape index (κ3) is 3.20. The number of aryl methyl sites for hydroxylation is 1. The molecule has 0 saturated carbocycles. The Morgan fingerprint density at radius 1 is 1.39 bits per heavy atom. The van der Waals surface area contributed by atoms with Crippen LogP contribution in [0.5, 0.6) is 0 Å². The van der Waals surface area contributed by atoms with Crippen LogP contribution in [-0.2, 0) is 0 Å². The molecule has 0 fully saturated rings. The van der Waals surface area contributed by atoms with Crippen molar-refractivity contribution in [1.29, 1.82) is 0 Å². The molecule has 2 rings (SSSR count). The highest BCUT2D eigenvalue weighted by atomic mass is 79.9. The van der Waals surface area contributed by atoms with Crippen LogP contribution in [0.2, 0.25) is 0 Å². The number of aromatic nitrogens is 4. The summed E-state index contributed by atoms with van der Waals surface area (Å²) in [6.07, 6.45) is 2.54. The first-order valence-corrected chi connectivity index (χ1v) is 7.04. The molecule has 0 aliphatic rings. The van der Waals surface area contributed by atoms with Crippen molar-refractivity contribution in [2.75, 3.05) is 11.9 Å². The highest BCUT2D eigenvalue weighted by Crippen LogP contribution is 2.33. The summed E-state index contributed by atoms with van der Waals surface area (Å²) in [4.78, 5) is 8.36. The second kappa shape index (κ2) is 6.14. The van der Waals surface area contributed by atoms with Crippen LogP contribution in [0.1, 0.15) is 19.2 Å². The smallest absolute Gasteiger partial charge is 0.282 e. The molecule has 2 aromatic rings. The van der Waals surface area contributed by atoms with Crippen molar-refractivity contribution in [3.8, 4) is 0 Å². The molecule has 0 radical (unpaired) electrons. The van der Waals surface area contributed by atoms with E-state index in [0.29, 0.717) is 11.1 Å². The van der Waals surface area contributed by atoms with Gasteiger partial charge in [-0.3, -0.25) is 0 Å². The second-order valence-electron chi connectivity index (χ2n) is 3.46. The zero-order valence-corrected chi connectivity index (χ0v) is 12.4. The molecule has 0 aliphatic carbocycles. The Kier molecular flexibility index (Phi) is 4.54. The standard InChI is InChI=1S/C10H12BrN5OS/c1-3-4-12-8-7(11)9(14-5-13-8)18-10-16-15-6(2)17-10/h5H,3-4H2,1-2H3,(H,12,13,14). The van der Waals surface area contributed by atoms with Gasteiger partial charge in [0.15, 0.2) is 0 Å². The van der Waals surface area contributed by atoms with Crippen molar-refractivity contribution in [2.24, 2.45) is 0 Å². The van der Waals surface area contributed by atoms with E-state index in [1.165, 1.54) is 18.1 Å². The maximum atomic E-state index is 5.30. The van der Waals surface area contributed by atoms with Gasteiger partial charge in [0.25, 0.3) is 5.22 Å². The van der Waals surface area contributed by atoms with Crippen molar-refractivity contribution in [3.63, 3.8) is 0 Å². The molecular formula is C10H12BrN5OS. The highest BCUT2D eigenvalue weighted by molar-refractivity contribution is 9.10. The molecule has 0 unspecified atom stereocenters. The third-order valence-corrected chi connectivity index (χ3v) is 3.85. The number of anilines is 1. The minimum Gasteiger partial charge on any atom is -0.416 e. The average Bonchev–Trinajstić information content (AvgIpc) is 2.76. The first-order chi connectivity index (χ1) is 8.70. The summed E-state index contributed by atoms with van der Waals surface area (Å²) < 4.78 is 6.11. The summed E-state index contributed by atoms with van der Waals surface area (Å²) in [6, 6.07) is 0. The fourth-order valence-corrected chi connectivity index (χ4v) is 2.48. The summed E-state index contributed by atoms with van der Waals surface area (Å²) in [7, 11) is 0. The minimum absolute atomic E-state index is 0.466. The molecule has 2 aromatic heterocycles. The summed E-state index contributed by atoms with van der Waals surface area (Å²) in [5.74, 6) is 1.30. The van der Waals surface area contributed by atoms with Crippen molar-refractivity contribution in [2.45, 2.75) is 30.5 Å². The van der Waals surface area contributed by atoms with E-state index in [9.17, 15) is 0 Å². The molecule has 96 valence electrons. The van der Waals surface area contributed by atoms with Crippen molar-refractivity contribution in [1.82, 2.24) is 20.2 Å². The molecule has 0 saturated heterocycles. The fourth-order valence-electron chi connectivity index (χ4n) is 1.19. The molecule has 0 aromatic carbocycles. The maximum absolute atomic E-state index is 5.30. The Hall–Kier alpha value is -1.15. The van der Waals surface area contributed by atoms with Gasteiger partial charge in [0.2, 0.25) is 5.89 Å². The SMILES string of the molecule is CCCNc1ncnc(Sc2nnc(C)o2)c1Br. The van der Waals surface area contributed by atoms with Crippen LogP contribution in [0.15, 0.2) is 25.5 Å². The molecule has 0 aliphatic heterocycles. The van der Waals surface area contributed by atoms with Crippen LogP contribution in [0.3, 0.4) is 0 Å². The van der Waals surface area contributed by atoms with Crippen LogP contribution in [0.4, 0.5) is 5.82 Å². The van der Waals surface area contributed by atoms with Gasteiger partial charge in [-0.2, -0.15) is 0 Å². The van der Waals surface area contributed by atoms with Crippen LogP contribution in [-0.4, -0.2) is 26.7 Å². The van der Waals surface area contributed by atoms with Crippen molar-refractivity contribution >= 4 is 33.5 Å². The molecule has 1 N–H and O–H groups in total. The van der Waals surface area contributed by atoms with Gasteiger partial charge in [0.1, 0.15) is 17.2 Å². The van der Waals surface area contributed by atoms with Gasteiger partial charge in [0, 0.05) is 13.5 Å². The number of hydrogen-bond acceptors (Lipinski definition) is 7. The zero-order chi connectivity index (χ0) is 13.0. The molecule has 0 amide bonds. The first-order valence-electron chi connectivity index (χ1n) is 5.43. The first kappa shape index (κ1) is 13.3. The Balaban J connectivity index is 2.17. The molecule has 0 spiro atoms. The Morgan fingerprint density at radius 2 is 2.22 bits per heavy atom. The van der Waals surface area contributed by atoms with E-state index >= 15 is 0 Å². The van der Waals surface area contributed by atoms with Crippen molar-refractivity contribution in [3.05, 3.63) is 16.7 Å². The van der Waals surface area contributed by atoms with Gasteiger partial charge < -0.3 is 9.73 Å². The second-order valence-corrected chi connectivity index (χ2v) is 5.19.